The van der Waals surface area contributed by atoms with Crippen molar-refractivity contribution in [3.63, 3.8) is 0 Å². The summed E-state index contributed by atoms with van der Waals surface area (Å²) in [4.78, 5) is 11.5. The molecule has 0 saturated carbocycles. The number of hydrogen-bond acceptors (Lipinski definition) is 2. The topological polar surface area (TPSA) is 26.3 Å². The Kier molecular flexibility index (Phi) is 2.99. The van der Waals surface area contributed by atoms with Crippen LogP contribution in [-0.2, 0) is 4.74 Å². The Hall–Kier alpha value is -1.25. The lowest BCUT2D eigenvalue weighted by atomic mass is 9.94. The van der Waals surface area contributed by atoms with Gasteiger partial charge in [0.25, 0.3) is 0 Å². The molecule has 0 amide bonds. The summed E-state index contributed by atoms with van der Waals surface area (Å²) in [5.74, 6) is -0.343. The summed E-state index contributed by atoms with van der Waals surface area (Å²) in [5.41, 5.74) is 0.579. The first-order valence-corrected chi connectivity index (χ1v) is 4.47. The zero-order valence-corrected chi connectivity index (χ0v) is 8.70. The van der Waals surface area contributed by atoms with Gasteiger partial charge >= 0.3 is 5.97 Å². The summed E-state index contributed by atoms with van der Waals surface area (Å²) in [6.07, 6.45) is 0. The van der Waals surface area contributed by atoms with E-state index in [2.05, 4.69) is 0 Å². The van der Waals surface area contributed by atoms with Crippen LogP contribution in [-0.4, -0.2) is 19.4 Å². The number of hydrogen-bond donors (Lipinski definition) is 0. The highest BCUT2D eigenvalue weighted by Gasteiger charge is 2.17. The van der Waals surface area contributed by atoms with E-state index in [1.165, 1.54) is 0 Å². The Labute approximate surface area is 85.7 Å². The Balaban J connectivity index is 2.80. The van der Waals surface area contributed by atoms with Gasteiger partial charge in [0, 0.05) is 0 Å². The van der Waals surface area contributed by atoms with Crippen molar-refractivity contribution in [1.82, 2.24) is 0 Å². The highest BCUT2D eigenvalue weighted by atomic mass is 16.6. The van der Waals surface area contributed by atoms with Crippen LogP contribution in [0.3, 0.4) is 0 Å². The number of benzene rings is 1. The Morgan fingerprint density at radius 1 is 1.36 bits per heavy atom. The standard InChI is InChI=1S/C11H13BO2/c1-11(2,3)14-10(13)8-5-4-6-9(12)7-8/h4-7H,1-3H3. The molecule has 0 aliphatic rings. The summed E-state index contributed by atoms with van der Waals surface area (Å²) in [6, 6.07) is 6.75. The molecule has 72 valence electrons. The molecule has 3 heteroatoms. The molecular weight excluding hydrogens is 175 g/mol. The molecule has 1 aromatic carbocycles. The molecule has 0 N–H and O–H groups in total. The van der Waals surface area contributed by atoms with E-state index in [1.54, 1.807) is 24.3 Å². The van der Waals surface area contributed by atoms with Crippen LogP contribution < -0.4 is 5.46 Å². The van der Waals surface area contributed by atoms with E-state index in [1.807, 2.05) is 20.8 Å². The number of carbonyl (C=O) groups is 1. The van der Waals surface area contributed by atoms with E-state index in [0.717, 1.165) is 0 Å². The van der Waals surface area contributed by atoms with Crippen molar-refractivity contribution < 1.29 is 9.53 Å². The van der Waals surface area contributed by atoms with E-state index in [-0.39, 0.29) is 5.97 Å². The first kappa shape index (κ1) is 10.8. The fourth-order valence-electron chi connectivity index (χ4n) is 1.00. The minimum absolute atomic E-state index is 0.343. The quantitative estimate of drug-likeness (QED) is 0.492. The van der Waals surface area contributed by atoms with Gasteiger partial charge in [-0.1, -0.05) is 23.7 Å². The monoisotopic (exact) mass is 188 g/mol. The molecule has 14 heavy (non-hydrogen) atoms. The van der Waals surface area contributed by atoms with Gasteiger partial charge in [-0.05, 0) is 26.8 Å². The average molecular weight is 188 g/mol. The molecule has 0 aromatic heterocycles. The minimum atomic E-state index is -0.471. The molecular formula is C11H13BO2. The zero-order chi connectivity index (χ0) is 10.8. The van der Waals surface area contributed by atoms with Gasteiger partial charge in [-0.3, -0.25) is 0 Å². The molecule has 0 spiro atoms. The fraction of sp³-hybridized carbons (Fsp3) is 0.364. The number of carbonyl (C=O) groups excluding carboxylic acids is 1. The van der Waals surface area contributed by atoms with E-state index in [0.29, 0.717) is 11.0 Å². The lowest BCUT2D eigenvalue weighted by molar-refractivity contribution is 0.00696. The van der Waals surface area contributed by atoms with Crippen molar-refractivity contribution in [2.45, 2.75) is 26.4 Å². The Morgan fingerprint density at radius 2 is 2.00 bits per heavy atom. The summed E-state index contributed by atoms with van der Waals surface area (Å²) in [5, 5.41) is 0. The van der Waals surface area contributed by atoms with Crippen LogP contribution in [0.2, 0.25) is 0 Å². The Bertz CT molecular complexity index is 339. The van der Waals surface area contributed by atoms with E-state index in [9.17, 15) is 4.79 Å². The molecule has 1 rings (SSSR count). The zero-order valence-electron chi connectivity index (χ0n) is 8.70. The van der Waals surface area contributed by atoms with Crippen molar-refractivity contribution in [3.8, 4) is 0 Å². The lowest BCUT2D eigenvalue weighted by Crippen LogP contribution is -2.24. The van der Waals surface area contributed by atoms with E-state index in [4.69, 9.17) is 12.6 Å². The molecule has 0 bridgehead atoms. The van der Waals surface area contributed by atoms with E-state index >= 15 is 0 Å². The average Bonchev–Trinajstić information content (AvgIpc) is 2.01. The number of rotatable bonds is 1. The summed E-state index contributed by atoms with van der Waals surface area (Å²) in [6.45, 7) is 5.49. The lowest BCUT2D eigenvalue weighted by Gasteiger charge is -2.19. The molecule has 0 heterocycles. The second-order valence-electron chi connectivity index (χ2n) is 4.13. The smallest absolute Gasteiger partial charge is 0.338 e. The van der Waals surface area contributed by atoms with Gasteiger partial charge in [-0.25, -0.2) is 4.79 Å². The van der Waals surface area contributed by atoms with Crippen LogP contribution in [0.15, 0.2) is 24.3 Å². The maximum absolute atomic E-state index is 11.5. The van der Waals surface area contributed by atoms with Gasteiger partial charge in [0.15, 0.2) is 0 Å². The van der Waals surface area contributed by atoms with Crippen LogP contribution in [0.5, 0.6) is 0 Å². The third kappa shape index (κ3) is 3.25. The maximum atomic E-state index is 11.5. The van der Waals surface area contributed by atoms with Crippen LogP contribution in [0.25, 0.3) is 0 Å². The third-order valence-corrected chi connectivity index (χ3v) is 1.52. The molecule has 0 unspecified atom stereocenters. The second-order valence-corrected chi connectivity index (χ2v) is 4.13. The van der Waals surface area contributed by atoms with Gasteiger partial charge in [-0.2, -0.15) is 0 Å². The largest absolute Gasteiger partial charge is 0.456 e. The predicted octanol–water partition coefficient (Wildman–Crippen LogP) is 1.44. The molecule has 2 radical (unpaired) electrons. The van der Waals surface area contributed by atoms with Crippen LogP contribution in [0.1, 0.15) is 31.1 Å². The van der Waals surface area contributed by atoms with Crippen molar-refractivity contribution in [2.24, 2.45) is 0 Å². The van der Waals surface area contributed by atoms with Gasteiger partial charge in [-0.15, -0.1) is 0 Å². The summed E-state index contributed by atoms with van der Waals surface area (Å²) >= 11 is 0. The summed E-state index contributed by atoms with van der Waals surface area (Å²) < 4.78 is 5.18. The highest BCUT2D eigenvalue weighted by Crippen LogP contribution is 2.10. The van der Waals surface area contributed by atoms with Crippen molar-refractivity contribution in [3.05, 3.63) is 29.8 Å². The molecule has 0 fully saturated rings. The molecule has 2 nitrogen and oxygen atoms in total. The molecule has 1 aromatic rings. The highest BCUT2D eigenvalue weighted by molar-refractivity contribution is 6.32. The summed E-state index contributed by atoms with van der Waals surface area (Å²) in [7, 11) is 5.55. The normalized spacial score (nSPS) is 11.1. The van der Waals surface area contributed by atoms with Crippen LogP contribution in [0.4, 0.5) is 0 Å². The van der Waals surface area contributed by atoms with Crippen LogP contribution >= 0.6 is 0 Å². The molecule has 0 atom stereocenters. The number of esters is 1. The third-order valence-electron chi connectivity index (χ3n) is 1.52. The Morgan fingerprint density at radius 3 is 2.50 bits per heavy atom. The minimum Gasteiger partial charge on any atom is -0.456 e. The predicted molar refractivity (Wildman–Crippen MR) is 57.0 cm³/mol. The van der Waals surface area contributed by atoms with Gasteiger partial charge in [0.05, 0.1) is 5.56 Å². The SMILES string of the molecule is [B]c1cccc(C(=O)OC(C)(C)C)c1. The fourth-order valence-corrected chi connectivity index (χ4v) is 1.00. The maximum Gasteiger partial charge on any atom is 0.338 e. The van der Waals surface area contributed by atoms with Crippen LogP contribution in [0, 0.1) is 0 Å². The molecule has 0 aliphatic carbocycles. The van der Waals surface area contributed by atoms with Crippen molar-refractivity contribution >= 4 is 19.3 Å². The van der Waals surface area contributed by atoms with Crippen molar-refractivity contribution in [1.29, 1.82) is 0 Å². The van der Waals surface area contributed by atoms with Gasteiger partial charge < -0.3 is 4.74 Å². The van der Waals surface area contributed by atoms with Gasteiger partial charge in [0.2, 0.25) is 0 Å². The molecule has 0 aliphatic heterocycles. The molecule has 0 saturated heterocycles. The van der Waals surface area contributed by atoms with E-state index < -0.39 is 5.60 Å². The number of ether oxygens (including phenoxy) is 1. The second kappa shape index (κ2) is 3.87. The first-order valence-electron chi connectivity index (χ1n) is 4.47. The van der Waals surface area contributed by atoms with Gasteiger partial charge in [0.1, 0.15) is 13.4 Å². The first-order chi connectivity index (χ1) is 6.38. The van der Waals surface area contributed by atoms with Crippen molar-refractivity contribution in [2.75, 3.05) is 0 Å².